The molecule has 4 unspecified atom stereocenters. The van der Waals surface area contributed by atoms with Crippen molar-refractivity contribution in [2.45, 2.75) is 75.9 Å². The number of thioether (sulfide) groups is 1. The van der Waals surface area contributed by atoms with Crippen LogP contribution in [0.3, 0.4) is 0 Å². The summed E-state index contributed by atoms with van der Waals surface area (Å²) in [6, 6.07) is 0.514. The molecule has 1 heterocycles. The molecule has 1 saturated carbocycles. The Hall–Kier alpha value is -0.220. The zero-order chi connectivity index (χ0) is 13.1. The van der Waals surface area contributed by atoms with Crippen LogP contribution in [0.4, 0.5) is 0 Å². The van der Waals surface area contributed by atoms with Gasteiger partial charge in [-0.1, -0.05) is 26.2 Å². The molecule has 0 aromatic carbocycles. The highest BCUT2D eigenvalue weighted by atomic mass is 32.2. The summed E-state index contributed by atoms with van der Waals surface area (Å²) < 4.78 is 0. The van der Waals surface area contributed by atoms with Gasteiger partial charge in [0.25, 0.3) is 0 Å². The molecule has 1 N–H and O–H groups in total. The lowest BCUT2D eigenvalue weighted by Gasteiger charge is -2.39. The van der Waals surface area contributed by atoms with Gasteiger partial charge in [-0.2, -0.15) is 11.8 Å². The molecule has 2 aliphatic rings. The minimum absolute atomic E-state index is 0.0643. The molecule has 0 aromatic heterocycles. The van der Waals surface area contributed by atoms with E-state index in [-0.39, 0.29) is 12.2 Å². The maximum absolute atomic E-state index is 12.5. The molecule has 1 aliphatic carbocycles. The first kappa shape index (κ1) is 14.2. The Labute approximate surface area is 115 Å². The largest absolute Gasteiger partial charge is 0.322 e. The summed E-state index contributed by atoms with van der Waals surface area (Å²) in [5.41, 5.74) is 0. The van der Waals surface area contributed by atoms with E-state index >= 15 is 0 Å². The van der Waals surface area contributed by atoms with Crippen LogP contribution >= 0.6 is 11.8 Å². The summed E-state index contributed by atoms with van der Waals surface area (Å²) in [6.45, 7) is 4.28. The molecule has 104 valence electrons. The monoisotopic (exact) mass is 270 g/mol. The molecule has 4 atom stereocenters. The number of nitrogens with one attached hydrogen (secondary N) is 1. The third-order valence-corrected chi connectivity index (χ3v) is 5.47. The van der Waals surface area contributed by atoms with Crippen LogP contribution in [-0.2, 0) is 4.79 Å². The molecule has 4 heteroatoms. The van der Waals surface area contributed by atoms with Crippen LogP contribution in [0.25, 0.3) is 0 Å². The van der Waals surface area contributed by atoms with E-state index in [1.165, 1.54) is 25.7 Å². The van der Waals surface area contributed by atoms with Gasteiger partial charge in [-0.15, -0.1) is 0 Å². The smallest absolute Gasteiger partial charge is 0.241 e. The van der Waals surface area contributed by atoms with Gasteiger partial charge >= 0.3 is 0 Å². The lowest BCUT2D eigenvalue weighted by molar-refractivity contribution is -0.132. The number of hydrogen-bond acceptors (Lipinski definition) is 3. The van der Waals surface area contributed by atoms with Crippen LogP contribution in [0.15, 0.2) is 0 Å². The van der Waals surface area contributed by atoms with Crippen molar-refractivity contribution >= 4 is 17.7 Å². The number of amides is 1. The van der Waals surface area contributed by atoms with Crippen molar-refractivity contribution in [3.63, 3.8) is 0 Å². The van der Waals surface area contributed by atoms with Crippen LogP contribution in [0, 0.1) is 0 Å². The molecule has 1 saturated heterocycles. The zero-order valence-electron chi connectivity index (χ0n) is 11.8. The molecular formula is C14H26N2OS. The van der Waals surface area contributed by atoms with E-state index in [4.69, 9.17) is 0 Å². The van der Waals surface area contributed by atoms with Crippen LogP contribution in [0.5, 0.6) is 0 Å². The van der Waals surface area contributed by atoms with Crippen molar-refractivity contribution in [2.75, 3.05) is 6.26 Å². The predicted molar refractivity (Wildman–Crippen MR) is 77.7 cm³/mol. The van der Waals surface area contributed by atoms with Crippen molar-refractivity contribution < 1.29 is 4.79 Å². The Morgan fingerprint density at radius 2 is 2.11 bits per heavy atom. The Morgan fingerprint density at radius 1 is 1.39 bits per heavy atom. The third kappa shape index (κ3) is 2.69. The Bertz CT molecular complexity index is 298. The van der Waals surface area contributed by atoms with Gasteiger partial charge in [0, 0.05) is 11.3 Å². The highest BCUT2D eigenvalue weighted by Gasteiger charge is 2.42. The zero-order valence-corrected chi connectivity index (χ0v) is 12.6. The molecule has 0 aromatic rings. The van der Waals surface area contributed by atoms with E-state index in [0.29, 0.717) is 17.2 Å². The standard InChI is InChI=1S/C14H26N2OS/c1-4-7-11-14(17)16(10(2)15-11)12-8-5-6-9-13(12)18-3/h10-13,15H,4-9H2,1-3H3. The fourth-order valence-electron chi connectivity index (χ4n) is 3.43. The van der Waals surface area contributed by atoms with Crippen molar-refractivity contribution in [3.8, 4) is 0 Å². The average molecular weight is 270 g/mol. The number of carbonyl (C=O) groups excluding carboxylic acids is 1. The summed E-state index contributed by atoms with van der Waals surface area (Å²) in [7, 11) is 0. The summed E-state index contributed by atoms with van der Waals surface area (Å²) in [4.78, 5) is 14.7. The summed E-state index contributed by atoms with van der Waals surface area (Å²) in [6.07, 6.45) is 9.48. The Kier molecular flexibility index (Phi) is 4.96. The van der Waals surface area contributed by atoms with Crippen molar-refractivity contribution in [1.29, 1.82) is 0 Å². The second kappa shape index (κ2) is 6.29. The predicted octanol–water partition coefficient (Wildman–Crippen LogP) is 2.61. The van der Waals surface area contributed by atoms with Crippen LogP contribution in [0.2, 0.25) is 0 Å². The number of carbonyl (C=O) groups is 1. The van der Waals surface area contributed by atoms with Crippen molar-refractivity contribution in [1.82, 2.24) is 10.2 Å². The number of rotatable bonds is 4. The highest BCUT2D eigenvalue weighted by Crippen LogP contribution is 2.33. The van der Waals surface area contributed by atoms with Gasteiger partial charge in [0.05, 0.1) is 12.2 Å². The van der Waals surface area contributed by atoms with Gasteiger partial charge in [-0.05, 0) is 32.4 Å². The van der Waals surface area contributed by atoms with Gasteiger partial charge in [0.2, 0.25) is 5.91 Å². The topological polar surface area (TPSA) is 32.3 Å². The minimum atomic E-state index is 0.0643. The van der Waals surface area contributed by atoms with E-state index in [0.717, 1.165) is 12.8 Å². The first-order valence-corrected chi connectivity index (χ1v) is 8.58. The second-order valence-corrected chi connectivity index (χ2v) is 6.63. The quantitative estimate of drug-likeness (QED) is 0.852. The van der Waals surface area contributed by atoms with Crippen molar-refractivity contribution in [2.24, 2.45) is 0 Å². The Morgan fingerprint density at radius 3 is 2.78 bits per heavy atom. The summed E-state index contributed by atoms with van der Waals surface area (Å²) >= 11 is 1.94. The van der Waals surface area contributed by atoms with Crippen LogP contribution in [0.1, 0.15) is 52.4 Å². The molecule has 0 spiro atoms. The lowest BCUT2D eigenvalue weighted by Crippen LogP contribution is -2.49. The molecule has 0 radical (unpaired) electrons. The average Bonchev–Trinajstić information content (AvgIpc) is 2.65. The molecule has 3 nitrogen and oxygen atoms in total. The maximum atomic E-state index is 12.5. The molecule has 0 bridgehead atoms. The van der Waals surface area contributed by atoms with E-state index in [2.05, 4.69) is 30.3 Å². The fraction of sp³-hybridized carbons (Fsp3) is 0.929. The van der Waals surface area contributed by atoms with Crippen LogP contribution in [-0.4, -0.2) is 40.6 Å². The minimum Gasteiger partial charge on any atom is -0.322 e. The fourth-order valence-corrected chi connectivity index (χ4v) is 4.41. The number of nitrogens with zero attached hydrogens (tertiary/aromatic N) is 1. The molecular weight excluding hydrogens is 244 g/mol. The summed E-state index contributed by atoms with van der Waals surface area (Å²) in [5, 5.41) is 4.10. The normalized spacial score (nSPS) is 37.3. The van der Waals surface area contributed by atoms with Gasteiger partial charge in [-0.25, -0.2) is 0 Å². The number of hydrogen-bond donors (Lipinski definition) is 1. The lowest BCUT2D eigenvalue weighted by atomic mass is 9.93. The molecule has 2 rings (SSSR count). The van der Waals surface area contributed by atoms with E-state index < -0.39 is 0 Å². The molecule has 1 amide bonds. The van der Waals surface area contributed by atoms with Gasteiger partial charge in [0.15, 0.2) is 0 Å². The molecule has 2 fully saturated rings. The SMILES string of the molecule is CCCC1NC(C)N(C2CCCCC2SC)C1=O. The van der Waals surface area contributed by atoms with E-state index in [9.17, 15) is 4.79 Å². The van der Waals surface area contributed by atoms with Crippen molar-refractivity contribution in [3.05, 3.63) is 0 Å². The maximum Gasteiger partial charge on any atom is 0.241 e. The second-order valence-electron chi connectivity index (χ2n) is 5.56. The van der Waals surface area contributed by atoms with E-state index in [1.54, 1.807) is 0 Å². The van der Waals surface area contributed by atoms with E-state index in [1.807, 2.05) is 11.8 Å². The highest BCUT2D eigenvalue weighted by molar-refractivity contribution is 7.99. The first-order valence-electron chi connectivity index (χ1n) is 7.30. The Balaban J connectivity index is 2.08. The van der Waals surface area contributed by atoms with Gasteiger partial charge < -0.3 is 4.90 Å². The third-order valence-electron chi connectivity index (χ3n) is 4.32. The van der Waals surface area contributed by atoms with Gasteiger partial charge in [-0.3, -0.25) is 10.1 Å². The first-order chi connectivity index (χ1) is 8.69. The summed E-state index contributed by atoms with van der Waals surface area (Å²) in [5.74, 6) is 0.343. The molecule has 1 aliphatic heterocycles. The van der Waals surface area contributed by atoms with Gasteiger partial charge in [0.1, 0.15) is 0 Å². The van der Waals surface area contributed by atoms with Crippen LogP contribution < -0.4 is 5.32 Å². The molecule has 18 heavy (non-hydrogen) atoms.